The maximum atomic E-state index is 4.54. The minimum Gasteiger partial charge on any atom is -0.252 e. The van der Waals surface area contributed by atoms with Gasteiger partial charge in [-0.3, -0.25) is 9.97 Å². The minimum atomic E-state index is 0.964. The number of rotatable bonds is 0. The van der Waals surface area contributed by atoms with Crippen molar-refractivity contribution < 1.29 is 0 Å². The number of benzene rings is 3. The number of aryl methyl sites for hydroxylation is 1. The molecular formula is C17H11BrN2. The molecule has 96 valence electrons. The van der Waals surface area contributed by atoms with Crippen LogP contribution in [0.5, 0.6) is 0 Å². The second-order valence-corrected chi connectivity index (χ2v) is 5.91. The third kappa shape index (κ3) is 1.63. The van der Waals surface area contributed by atoms with Crippen LogP contribution >= 0.6 is 15.9 Å². The van der Waals surface area contributed by atoms with Crippen LogP contribution in [0, 0.1) is 6.92 Å². The maximum absolute atomic E-state index is 4.54. The van der Waals surface area contributed by atoms with E-state index in [-0.39, 0.29) is 0 Å². The second kappa shape index (κ2) is 4.25. The van der Waals surface area contributed by atoms with E-state index < -0.39 is 0 Å². The molecule has 0 spiro atoms. The molecule has 0 unspecified atom stereocenters. The normalized spacial score (nSPS) is 11.5. The summed E-state index contributed by atoms with van der Waals surface area (Å²) in [4.78, 5) is 9.07. The highest BCUT2D eigenvalue weighted by Gasteiger charge is 2.10. The van der Waals surface area contributed by atoms with E-state index in [0.717, 1.165) is 26.3 Å². The Morgan fingerprint density at radius 1 is 0.750 bits per heavy atom. The molecule has 0 atom stereocenters. The Balaban J connectivity index is 2.41. The summed E-state index contributed by atoms with van der Waals surface area (Å²) in [5, 5.41) is 4.75. The van der Waals surface area contributed by atoms with Crippen molar-refractivity contribution in [1.29, 1.82) is 0 Å². The first kappa shape index (κ1) is 11.8. The van der Waals surface area contributed by atoms with Gasteiger partial charge >= 0.3 is 0 Å². The first-order valence-corrected chi connectivity index (χ1v) is 7.25. The van der Waals surface area contributed by atoms with Gasteiger partial charge in [-0.2, -0.15) is 0 Å². The molecule has 0 N–H and O–H groups in total. The fraction of sp³-hybridized carbons (Fsp3) is 0.0588. The molecule has 0 saturated heterocycles. The summed E-state index contributed by atoms with van der Waals surface area (Å²) < 4.78 is 1.08. The average Bonchev–Trinajstić information content (AvgIpc) is 2.47. The van der Waals surface area contributed by atoms with Crippen LogP contribution in [0.25, 0.3) is 32.6 Å². The summed E-state index contributed by atoms with van der Waals surface area (Å²) in [6.45, 7) is 2.12. The molecule has 0 saturated carbocycles. The fourth-order valence-electron chi connectivity index (χ4n) is 2.77. The Hall–Kier alpha value is -2.00. The predicted molar refractivity (Wildman–Crippen MR) is 87.0 cm³/mol. The van der Waals surface area contributed by atoms with Crippen LogP contribution in [0.3, 0.4) is 0 Å². The lowest BCUT2D eigenvalue weighted by Gasteiger charge is -2.09. The molecule has 4 aromatic rings. The van der Waals surface area contributed by atoms with Gasteiger partial charge in [0, 0.05) is 27.6 Å². The molecule has 1 heterocycles. The average molecular weight is 323 g/mol. The van der Waals surface area contributed by atoms with E-state index in [0.29, 0.717) is 0 Å². The van der Waals surface area contributed by atoms with E-state index in [9.17, 15) is 0 Å². The minimum absolute atomic E-state index is 0.964. The maximum Gasteiger partial charge on any atom is 0.0971 e. The topological polar surface area (TPSA) is 25.8 Å². The first-order valence-electron chi connectivity index (χ1n) is 6.46. The molecule has 3 aromatic carbocycles. The Kier molecular flexibility index (Phi) is 2.51. The third-order valence-corrected chi connectivity index (χ3v) is 4.15. The van der Waals surface area contributed by atoms with Crippen LogP contribution in [0.4, 0.5) is 0 Å². The van der Waals surface area contributed by atoms with Crippen molar-refractivity contribution in [3.63, 3.8) is 0 Å². The summed E-state index contributed by atoms with van der Waals surface area (Å²) in [5.74, 6) is 0. The van der Waals surface area contributed by atoms with Crippen LogP contribution < -0.4 is 0 Å². The van der Waals surface area contributed by atoms with E-state index in [4.69, 9.17) is 0 Å². The van der Waals surface area contributed by atoms with Gasteiger partial charge in [-0.15, -0.1) is 0 Å². The molecule has 0 aliphatic carbocycles. The lowest BCUT2D eigenvalue weighted by molar-refractivity contribution is 1.31. The van der Waals surface area contributed by atoms with Crippen LogP contribution in [0.1, 0.15) is 5.56 Å². The molecular weight excluding hydrogens is 312 g/mol. The van der Waals surface area contributed by atoms with Gasteiger partial charge in [0.05, 0.1) is 11.0 Å². The molecule has 0 fully saturated rings. The number of fused-ring (bicyclic) bond motifs is 6. The van der Waals surface area contributed by atoms with Crippen molar-refractivity contribution in [1.82, 2.24) is 9.97 Å². The molecule has 3 heteroatoms. The van der Waals surface area contributed by atoms with Gasteiger partial charge in [-0.05, 0) is 29.8 Å². The van der Waals surface area contributed by atoms with Gasteiger partial charge in [0.1, 0.15) is 0 Å². The van der Waals surface area contributed by atoms with Gasteiger partial charge in [-0.25, -0.2) is 0 Å². The van der Waals surface area contributed by atoms with Crippen molar-refractivity contribution in [3.8, 4) is 0 Å². The molecule has 4 rings (SSSR count). The molecule has 0 aliphatic heterocycles. The highest BCUT2D eigenvalue weighted by Crippen LogP contribution is 2.34. The lowest BCUT2D eigenvalue weighted by Crippen LogP contribution is -1.88. The highest BCUT2D eigenvalue weighted by atomic mass is 79.9. The van der Waals surface area contributed by atoms with E-state index >= 15 is 0 Å². The van der Waals surface area contributed by atoms with Crippen molar-refractivity contribution >= 4 is 48.5 Å². The van der Waals surface area contributed by atoms with Crippen LogP contribution in [0.15, 0.2) is 53.3 Å². The van der Waals surface area contributed by atoms with Crippen LogP contribution in [0.2, 0.25) is 0 Å². The van der Waals surface area contributed by atoms with Crippen molar-refractivity contribution in [2.75, 3.05) is 0 Å². The Morgan fingerprint density at radius 2 is 1.35 bits per heavy atom. The molecule has 0 bridgehead atoms. The van der Waals surface area contributed by atoms with E-state index in [2.05, 4.69) is 69.2 Å². The summed E-state index contributed by atoms with van der Waals surface area (Å²) in [6, 6.07) is 12.8. The molecule has 2 nitrogen and oxygen atoms in total. The largest absolute Gasteiger partial charge is 0.252 e. The summed E-state index contributed by atoms with van der Waals surface area (Å²) in [6.07, 6.45) is 3.51. The van der Waals surface area contributed by atoms with Crippen LogP contribution in [-0.4, -0.2) is 9.97 Å². The number of nitrogens with zero attached hydrogens (tertiary/aromatic N) is 2. The zero-order valence-electron chi connectivity index (χ0n) is 10.9. The first-order chi connectivity index (χ1) is 9.74. The van der Waals surface area contributed by atoms with Crippen molar-refractivity contribution in [3.05, 3.63) is 58.8 Å². The van der Waals surface area contributed by atoms with Crippen molar-refractivity contribution in [2.45, 2.75) is 6.92 Å². The number of hydrogen-bond acceptors (Lipinski definition) is 2. The third-order valence-electron chi connectivity index (χ3n) is 3.66. The summed E-state index contributed by atoms with van der Waals surface area (Å²) in [5.41, 5.74) is 3.19. The highest BCUT2D eigenvalue weighted by molar-refractivity contribution is 9.10. The smallest absolute Gasteiger partial charge is 0.0971 e. The zero-order valence-corrected chi connectivity index (χ0v) is 12.5. The molecule has 0 amide bonds. The molecule has 1 aromatic heterocycles. The summed E-state index contributed by atoms with van der Waals surface area (Å²) >= 11 is 3.56. The number of aromatic nitrogens is 2. The molecule has 20 heavy (non-hydrogen) atoms. The van der Waals surface area contributed by atoms with Gasteiger partial charge in [0.2, 0.25) is 0 Å². The number of hydrogen-bond donors (Lipinski definition) is 0. The Morgan fingerprint density at radius 3 is 2.05 bits per heavy atom. The van der Waals surface area contributed by atoms with E-state index in [1.807, 2.05) is 0 Å². The van der Waals surface area contributed by atoms with Gasteiger partial charge < -0.3 is 0 Å². The quantitative estimate of drug-likeness (QED) is 0.425. The Labute approximate surface area is 124 Å². The SMILES string of the molecule is Cc1ccc2c(c1)c1cc(Br)ccc1c1nccnc21. The monoisotopic (exact) mass is 322 g/mol. The van der Waals surface area contributed by atoms with Crippen LogP contribution in [-0.2, 0) is 0 Å². The van der Waals surface area contributed by atoms with Gasteiger partial charge in [0.25, 0.3) is 0 Å². The molecule has 0 aliphatic rings. The Bertz CT molecular complexity index is 896. The lowest BCUT2D eigenvalue weighted by atomic mass is 9.98. The summed E-state index contributed by atoms with van der Waals surface area (Å²) in [7, 11) is 0. The van der Waals surface area contributed by atoms with E-state index in [1.54, 1.807) is 12.4 Å². The second-order valence-electron chi connectivity index (χ2n) is 4.99. The predicted octanol–water partition coefficient (Wildman–Crippen LogP) is 5.01. The van der Waals surface area contributed by atoms with Gasteiger partial charge in [0.15, 0.2) is 0 Å². The van der Waals surface area contributed by atoms with E-state index in [1.165, 1.54) is 16.3 Å². The zero-order chi connectivity index (χ0) is 13.7. The standard InChI is InChI=1S/C17H11BrN2/c1-10-2-4-12-14(8-10)15-9-11(18)3-5-13(15)17-16(12)19-6-7-20-17/h2-9H,1H3. The molecule has 0 radical (unpaired) electrons. The fourth-order valence-corrected chi connectivity index (χ4v) is 3.13. The van der Waals surface area contributed by atoms with Gasteiger partial charge in [-0.1, -0.05) is 45.8 Å². The van der Waals surface area contributed by atoms with Crippen molar-refractivity contribution in [2.24, 2.45) is 0 Å². The number of halogens is 1.